The molecular formula is C15H11ClFNO3. The minimum atomic E-state index is -1.10. The summed E-state index contributed by atoms with van der Waals surface area (Å²) in [5, 5.41) is 11.5. The van der Waals surface area contributed by atoms with E-state index in [0.717, 1.165) is 0 Å². The predicted molar refractivity (Wildman–Crippen MR) is 77.1 cm³/mol. The second-order valence-corrected chi connectivity index (χ2v) is 4.76. The average Bonchev–Trinajstić information content (AvgIpc) is 2.43. The number of halogens is 2. The number of rotatable bonds is 4. The lowest BCUT2D eigenvalue weighted by Gasteiger charge is -2.08. The second kappa shape index (κ2) is 6.37. The molecule has 108 valence electrons. The maximum Gasteiger partial charge on any atom is 0.335 e. The smallest absolute Gasteiger partial charge is 0.335 e. The Labute approximate surface area is 125 Å². The topological polar surface area (TPSA) is 66.4 Å². The molecule has 0 saturated carbocycles. The van der Waals surface area contributed by atoms with E-state index in [9.17, 15) is 14.0 Å². The van der Waals surface area contributed by atoms with Crippen LogP contribution in [0.1, 0.15) is 15.9 Å². The molecule has 2 N–H and O–H groups in total. The summed E-state index contributed by atoms with van der Waals surface area (Å²) in [5.41, 5.74) is 1.03. The molecule has 0 aliphatic heterocycles. The third kappa shape index (κ3) is 4.03. The van der Waals surface area contributed by atoms with E-state index in [0.29, 0.717) is 11.3 Å². The number of amides is 1. The van der Waals surface area contributed by atoms with Gasteiger partial charge in [-0.2, -0.15) is 0 Å². The lowest BCUT2D eigenvalue weighted by molar-refractivity contribution is -0.115. The Morgan fingerprint density at radius 3 is 2.38 bits per heavy atom. The molecule has 4 nitrogen and oxygen atoms in total. The number of carboxylic acids is 1. The van der Waals surface area contributed by atoms with Crippen LogP contribution in [0, 0.1) is 5.82 Å². The molecule has 21 heavy (non-hydrogen) atoms. The SMILES string of the molecule is O=C(Cc1ccc(F)cc1)Nc1ccc(C(=O)O)cc1Cl. The largest absolute Gasteiger partial charge is 0.478 e. The maximum absolute atomic E-state index is 12.8. The summed E-state index contributed by atoms with van der Waals surface area (Å²) in [7, 11) is 0. The van der Waals surface area contributed by atoms with Gasteiger partial charge in [0.25, 0.3) is 0 Å². The second-order valence-electron chi connectivity index (χ2n) is 4.35. The Morgan fingerprint density at radius 1 is 1.14 bits per heavy atom. The number of hydrogen-bond acceptors (Lipinski definition) is 2. The van der Waals surface area contributed by atoms with E-state index in [1.54, 1.807) is 0 Å². The molecule has 0 atom stereocenters. The van der Waals surface area contributed by atoms with Crippen LogP contribution in [-0.2, 0) is 11.2 Å². The van der Waals surface area contributed by atoms with E-state index in [1.807, 2.05) is 0 Å². The van der Waals surface area contributed by atoms with Crippen LogP contribution in [0.5, 0.6) is 0 Å². The highest BCUT2D eigenvalue weighted by Gasteiger charge is 2.10. The Balaban J connectivity index is 2.06. The Bertz CT molecular complexity index is 686. The van der Waals surface area contributed by atoms with Crippen molar-refractivity contribution >= 4 is 29.2 Å². The molecule has 2 rings (SSSR count). The summed E-state index contributed by atoms with van der Waals surface area (Å²) in [6.07, 6.45) is 0.0668. The van der Waals surface area contributed by atoms with E-state index in [1.165, 1.54) is 42.5 Å². The minimum Gasteiger partial charge on any atom is -0.478 e. The normalized spacial score (nSPS) is 10.2. The zero-order chi connectivity index (χ0) is 15.4. The molecule has 0 saturated heterocycles. The van der Waals surface area contributed by atoms with Gasteiger partial charge in [-0.15, -0.1) is 0 Å². The van der Waals surface area contributed by atoms with Gasteiger partial charge in [0.1, 0.15) is 5.82 Å². The van der Waals surface area contributed by atoms with Gasteiger partial charge in [0.05, 0.1) is 22.7 Å². The van der Waals surface area contributed by atoms with Gasteiger partial charge in [-0.25, -0.2) is 9.18 Å². The lowest BCUT2D eigenvalue weighted by atomic mass is 10.1. The van der Waals surface area contributed by atoms with Crippen molar-refractivity contribution in [3.05, 3.63) is 64.4 Å². The molecule has 1 amide bonds. The third-order valence-corrected chi connectivity index (χ3v) is 3.08. The first-order valence-electron chi connectivity index (χ1n) is 6.03. The zero-order valence-electron chi connectivity index (χ0n) is 10.8. The monoisotopic (exact) mass is 307 g/mol. The summed E-state index contributed by atoms with van der Waals surface area (Å²) in [5.74, 6) is -1.79. The number of carbonyl (C=O) groups excluding carboxylic acids is 1. The first-order valence-corrected chi connectivity index (χ1v) is 6.40. The van der Waals surface area contributed by atoms with E-state index < -0.39 is 5.97 Å². The molecule has 0 aromatic heterocycles. The highest BCUT2D eigenvalue weighted by molar-refractivity contribution is 6.34. The molecule has 0 fully saturated rings. The molecule has 0 aliphatic carbocycles. The maximum atomic E-state index is 12.8. The predicted octanol–water partition coefficient (Wildman–Crippen LogP) is 3.36. The van der Waals surface area contributed by atoms with Crippen LogP contribution >= 0.6 is 11.6 Å². The molecule has 6 heteroatoms. The van der Waals surface area contributed by atoms with Gasteiger partial charge in [-0.1, -0.05) is 23.7 Å². The molecule has 2 aromatic carbocycles. The number of anilines is 1. The lowest BCUT2D eigenvalue weighted by Crippen LogP contribution is -2.15. The number of carboxylic acid groups (broad SMARTS) is 1. The van der Waals surface area contributed by atoms with Crippen molar-refractivity contribution in [1.29, 1.82) is 0 Å². The Kier molecular flexibility index (Phi) is 4.55. The van der Waals surface area contributed by atoms with Crippen molar-refractivity contribution in [2.45, 2.75) is 6.42 Å². The number of carbonyl (C=O) groups is 2. The van der Waals surface area contributed by atoms with Crippen LogP contribution in [0.3, 0.4) is 0 Å². The van der Waals surface area contributed by atoms with Gasteiger partial charge >= 0.3 is 5.97 Å². The van der Waals surface area contributed by atoms with Crippen LogP contribution in [0.4, 0.5) is 10.1 Å². The number of nitrogens with one attached hydrogen (secondary N) is 1. The Morgan fingerprint density at radius 2 is 1.81 bits per heavy atom. The fraction of sp³-hybridized carbons (Fsp3) is 0.0667. The van der Waals surface area contributed by atoms with Crippen LogP contribution in [-0.4, -0.2) is 17.0 Å². The Hall–Kier alpha value is -2.40. The third-order valence-electron chi connectivity index (χ3n) is 2.77. The average molecular weight is 308 g/mol. The molecule has 0 spiro atoms. The van der Waals surface area contributed by atoms with Gasteiger partial charge < -0.3 is 10.4 Å². The quantitative estimate of drug-likeness (QED) is 0.910. The van der Waals surface area contributed by atoms with Gasteiger partial charge in [0, 0.05) is 0 Å². The van der Waals surface area contributed by atoms with Crippen molar-refractivity contribution in [1.82, 2.24) is 0 Å². The highest BCUT2D eigenvalue weighted by Crippen LogP contribution is 2.23. The first-order chi connectivity index (χ1) is 9.95. The standard InChI is InChI=1S/C15H11ClFNO3/c16-12-8-10(15(20)21)3-6-13(12)18-14(19)7-9-1-4-11(17)5-2-9/h1-6,8H,7H2,(H,18,19)(H,20,21). The van der Waals surface area contributed by atoms with E-state index in [2.05, 4.69) is 5.32 Å². The number of hydrogen-bond donors (Lipinski definition) is 2. The summed E-state index contributed by atoms with van der Waals surface area (Å²) in [6.45, 7) is 0. The van der Waals surface area contributed by atoms with Gasteiger partial charge in [-0.05, 0) is 35.9 Å². The number of aromatic carboxylic acids is 1. The van der Waals surface area contributed by atoms with Crippen molar-refractivity contribution in [2.75, 3.05) is 5.32 Å². The van der Waals surface area contributed by atoms with Gasteiger partial charge in [0.2, 0.25) is 5.91 Å². The first kappa shape index (κ1) is 15.0. The number of benzene rings is 2. The molecular weight excluding hydrogens is 297 g/mol. The molecule has 0 heterocycles. The summed E-state index contributed by atoms with van der Waals surface area (Å²) in [4.78, 5) is 22.6. The van der Waals surface area contributed by atoms with Crippen LogP contribution in [0.2, 0.25) is 5.02 Å². The summed E-state index contributed by atoms with van der Waals surface area (Å²) >= 11 is 5.91. The summed E-state index contributed by atoms with van der Waals surface area (Å²) in [6, 6.07) is 9.62. The van der Waals surface area contributed by atoms with E-state index in [-0.39, 0.29) is 28.7 Å². The molecule has 0 radical (unpaired) electrons. The van der Waals surface area contributed by atoms with Crippen LogP contribution in [0.15, 0.2) is 42.5 Å². The van der Waals surface area contributed by atoms with Gasteiger partial charge in [-0.3, -0.25) is 4.79 Å². The van der Waals surface area contributed by atoms with Crippen molar-refractivity contribution in [3.63, 3.8) is 0 Å². The van der Waals surface area contributed by atoms with Gasteiger partial charge in [0.15, 0.2) is 0 Å². The van der Waals surface area contributed by atoms with Crippen LogP contribution in [0.25, 0.3) is 0 Å². The van der Waals surface area contributed by atoms with Crippen molar-refractivity contribution in [2.24, 2.45) is 0 Å². The molecule has 0 aliphatic rings. The fourth-order valence-electron chi connectivity index (χ4n) is 1.73. The molecule has 0 unspecified atom stereocenters. The summed E-state index contributed by atoms with van der Waals surface area (Å²) < 4.78 is 12.8. The molecule has 2 aromatic rings. The van der Waals surface area contributed by atoms with Crippen LogP contribution < -0.4 is 5.32 Å². The fourth-order valence-corrected chi connectivity index (χ4v) is 1.96. The highest BCUT2D eigenvalue weighted by atomic mass is 35.5. The van der Waals surface area contributed by atoms with E-state index in [4.69, 9.17) is 16.7 Å². The zero-order valence-corrected chi connectivity index (χ0v) is 11.5. The van der Waals surface area contributed by atoms with Crippen molar-refractivity contribution in [3.8, 4) is 0 Å². The van der Waals surface area contributed by atoms with E-state index >= 15 is 0 Å². The molecule has 0 bridgehead atoms. The van der Waals surface area contributed by atoms with Crippen molar-refractivity contribution < 1.29 is 19.1 Å². The minimum absolute atomic E-state index is 0.0385.